The van der Waals surface area contributed by atoms with Crippen LogP contribution in [0.25, 0.3) is 10.8 Å². The van der Waals surface area contributed by atoms with Gasteiger partial charge in [0.2, 0.25) is 0 Å². The number of amides is 2. The van der Waals surface area contributed by atoms with Gasteiger partial charge in [-0.3, -0.25) is 0 Å². The third-order valence-corrected chi connectivity index (χ3v) is 4.31. The predicted molar refractivity (Wildman–Crippen MR) is 87.5 cm³/mol. The fourth-order valence-corrected chi connectivity index (χ4v) is 3.24. The summed E-state index contributed by atoms with van der Waals surface area (Å²) in [5.74, 6) is 0.710. The number of hydrogen-bond donors (Lipinski definition) is 2. The zero-order valence-corrected chi connectivity index (χ0v) is 12.4. The normalized spacial score (nSPS) is 22.0. The third-order valence-electron chi connectivity index (χ3n) is 4.31. The van der Waals surface area contributed by atoms with Crippen molar-refractivity contribution < 1.29 is 4.79 Å². The molecule has 3 heteroatoms. The van der Waals surface area contributed by atoms with Crippen LogP contribution in [0.1, 0.15) is 32.6 Å². The van der Waals surface area contributed by atoms with E-state index in [9.17, 15) is 4.79 Å². The second-order valence-corrected chi connectivity index (χ2v) is 6.09. The Labute approximate surface area is 125 Å². The zero-order valence-electron chi connectivity index (χ0n) is 12.4. The van der Waals surface area contributed by atoms with Crippen LogP contribution in [-0.4, -0.2) is 12.1 Å². The minimum absolute atomic E-state index is 0.0922. The summed E-state index contributed by atoms with van der Waals surface area (Å²) in [7, 11) is 0. The molecule has 0 aromatic heterocycles. The van der Waals surface area contributed by atoms with Crippen LogP contribution in [0.2, 0.25) is 0 Å². The summed E-state index contributed by atoms with van der Waals surface area (Å²) in [6, 6.07) is 14.3. The van der Waals surface area contributed by atoms with Crippen LogP contribution in [0.15, 0.2) is 42.5 Å². The fourth-order valence-electron chi connectivity index (χ4n) is 3.24. The first-order valence-corrected chi connectivity index (χ1v) is 7.77. The van der Waals surface area contributed by atoms with E-state index < -0.39 is 0 Å². The molecule has 0 bridgehead atoms. The number of anilines is 1. The zero-order chi connectivity index (χ0) is 14.7. The molecule has 110 valence electrons. The van der Waals surface area contributed by atoms with Crippen LogP contribution in [0.3, 0.4) is 0 Å². The largest absolute Gasteiger partial charge is 0.335 e. The molecule has 1 aliphatic carbocycles. The molecule has 0 saturated heterocycles. The van der Waals surface area contributed by atoms with Crippen molar-refractivity contribution in [2.24, 2.45) is 5.92 Å². The summed E-state index contributed by atoms with van der Waals surface area (Å²) >= 11 is 0. The van der Waals surface area contributed by atoms with Crippen LogP contribution < -0.4 is 10.6 Å². The van der Waals surface area contributed by atoms with Gasteiger partial charge in [-0.15, -0.1) is 0 Å². The van der Waals surface area contributed by atoms with E-state index in [4.69, 9.17) is 0 Å². The number of urea groups is 1. The molecule has 1 saturated carbocycles. The summed E-state index contributed by atoms with van der Waals surface area (Å²) < 4.78 is 0. The van der Waals surface area contributed by atoms with Gasteiger partial charge in [0, 0.05) is 11.4 Å². The van der Waals surface area contributed by atoms with Gasteiger partial charge < -0.3 is 10.6 Å². The monoisotopic (exact) mass is 282 g/mol. The van der Waals surface area contributed by atoms with E-state index in [2.05, 4.69) is 29.7 Å². The highest BCUT2D eigenvalue weighted by Gasteiger charge is 2.20. The fraction of sp³-hybridized carbons (Fsp3) is 0.389. The Bertz CT molecular complexity index is 633. The molecule has 0 spiro atoms. The lowest BCUT2D eigenvalue weighted by Crippen LogP contribution is -2.40. The average Bonchev–Trinajstić information content (AvgIpc) is 2.47. The van der Waals surface area contributed by atoms with E-state index in [0.29, 0.717) is 12.0 Å². The quantitative estimate of drug-likeness (QED) is 0.834. The molecule has 2 atom stereocenters. The van der Waals surface area contributed by atoms with Crippen molar-refractivity contribution in [1.29, 1.82) is 0 Å². The number of benzene rings is 2. The lowest BCUT2D eigenvalue weighted by atomic mass is 9.87. The number of carbonyl (C=O) groups is 1. The SMILES string of the molecule is C[C@@H]1CCC[C@H](NC(=O)Nc2cccc3ccccc23)C1. The van der Waals surface area contributed by atoms with Gasteiger partial charge in [-0.25, -0.2) is 4.79 Å². The highest BCUT2D eigenvalue weighted by atomic mass is 16.2. The standard InChI is InChI=1S/C18H22N2O/c1-13-6-4-9-15(12-13)19-18(21)20-17-11-5-8-14-7-2-3-10-16(14)17/h2-3,5,7-8,10-11,13,15H,4,6,9,12H2,1H3,(H2,19,20,21)/t13-,15+/m1/s1. The first-order valence-electron chi connectivity index (χ1n) is 7.77. The Morgan fingerprint density at radius 1 is 1.10 bits per heavy atom. The molecule has 3 nitrogen and oxygen atoms in total. The smallest absolute Gasteiger partial charge is 0.319 e. The van der Waals surface area contributed by atoms with Crippen molar-refractivity contribution in [3.63, 3.8) is 0 Å². The van der Waals surface area contributed by atoms with Crippen LogP contribution in [-0.2, 0) is 0 Å². The van der Waals surface area contributed by atoms with Gasteiger partial charge in [0.05, 0.1) is 5.69 Å². The predicted octanol–water partition coefficient (Wildman–Crippen LogP) is 4.54. The van der Waals surface area contributed by atoms with E-state index >= 15 is 0 Å². The number of fused-ring (bicyclic) bond motifs is 1. The molecular formula is C18H22N2O. The van der Waals surface area contributed by atoms with Gasteiger partial charge >= 0.3 is 6.03 Å². The second-order valence-electron chi connectivity index (χ2n) is 6.09. The Hall–Kier alpha value is -2.03. The molecule has 0 heterocycles. The lowest BCUT2D eigenvalue weighted by Gasteiger charge is -2.27. The van der Waals surface area contributed by atoms with Crippen molar-refractivity contribution in [1.82, 2.24) is 5.32 Å². The first kappa shape index (κ1) is 13.9. The Morgan fingerprint density at radius 2 is 1.90 bits per heavy atom. The van der Waals surface area contributed by atoms with Crippen LogP contribution in [0.4, 0.5) is 10.5 Å². The topological polar surface area (TPSA) is 41.1 Å². The molecule has 3 rings (SSSR count). The van der Waals surface area contributed by atoms with Gasteiger partial charge in [-0.2, -0.15) is 0 Å². The Kier molecular flexibility index (Phi) is 4.09. The van der Waals surface area contributed by atoms with Gasteiger partial charge in [-0.1, -0.05) is 56.2 Å². The Morgan fingerprint density at radius 3 is 2.76 bits per heavy atom. The number of hydrogen-bond acceptors (Lipinski definition) is 1. The molecule has 0 aliphatic heterocycles. The molecule has 0 radical (unpaired) electrons. The van der Waals surface area contributed by atoms with Crippen molar-refractivity contribution in [2.75, 3.05) is 5.32 Å². The number of rotatable bonds is 2. The van der Waals surface area contributed by atoms with Gasteiger partial charge in [0.25, 0.3) is 0 Å². The van der Waals surface area contributed by atoms with E-state index in [-0.39, 0.29) is 6.03 Å². The maximum atomic E-state index is 12.2. The summed E-state index contributed by atoms with van der Waals surface area (Å²) in [5.41, 5.74) is 0.870. The molecule has 2 aromatic rings. The second kappa shape index (κ2) is 6.17. The molecule has 0 unspecified atom stereocenters. The highest BCUT2D eigenvalue weighted by molar-refractivity contribution is 6.01. The molecule has 21 heavy (non-hydrogen) atoms. The lowest BCUT2D eigenvalue weighted by molar-refractivity contribution is 0.238. The summed E-state index contributed by atoms with van der Waals surface area (Å²) in [4.78, 5) is 12.2. The van der Waals surface area contributed by atoms with Gasteiger partial charge in [0.1, 0.15) is 0 Å². The van der Waals surface area contributed by atoms with Crippen molar-refractivity contribution in [3.8, 4) is 0 Å². The Balaban J connectivity index is 1.69. The van der Waals surface area contributed by atoms with Crippen molar-refractivity contribution >= 4 is 22.5 Å². The van der Waals surface area contributed by atoms with Crippen molar-refractivity contribution in [3.05, 3.63) is 42.5 Å². The average molecular weight is 282 g/mol. The molecular weight excluding hydrogens is 260 g/mol. The van der Waals surface area contributed by atoms with E-state index in [0.717, 1.165) is 29.3 Å². The molecule has 2 aromatic carbocycles. The van der Waals surface area contributed by atoms with Gasteiger partial charge in [-0.05, 0) is 30.2 Å². The van der Waals surface area contributed by atoms with E-state index in [1.165, 1.54) is 12.8 Å². The molecule has 1 aliphatic rings. The highest BCUT2D eigenvalue weighted by Crippen LogP contribution is 2.25. The number of carbonyl (C=O) groups excluding carboxylic acids is 1. The molecule has 1 fully saturated rings. The third kappa shape index (κ3) is 3.35. The number of nitrogens with one attached hydrogen (secondary N) is 2. The van der Waals surface area contributed by atoms with E-state index in [1.807, 2.05) is 30.3 Å². The summed E-state index contributed by atoms with van der Waals surface area (Å²) in [5, 5.41) is 8.33. The maximum absolute atomic E-state index is 12.2. The summed E-state index contributed by atoms with van der Waals surface area (Å²) in [6.45, 7) is 2.26. The van der Waals surface area contributed by atoms with Gasteiger partial charge in [0.15, 0.2) is 0 Å². The van der Waals surface area contributed by atoms with Crippen molar-refractivity contribution in [2.45, 2.75) is 38.6 Å². The first-order chi connectivity index (χ1) is 10.2. The molecule has 2 amide bonds. The van der Waals surface area contributed by atoms with Crippen LogP contribution >= 0.6 is 0 Å². The summed E-state index contributed by atoms with van der Waals surface area (Å²) in [6.07, 6.45) is 4.67. The van der Waals surface area contributed by atoms with Crippen LogP contribution in [0.5, 0.6) is 0 Å². The molecule has 2 N–H and O–H groups in total. The van der Waals surface area contributed by atoms with Crippen LogP contribution in [0, 0.1) is 5.92 Å². The maximum Gasteiger partial charge on any atom is 0.319 e. The minimum Gasteiger partial charge on any atom is -0.335 e. The van der Waals surface area contributed by atoms with E-state index in [1.54, 1.807) is 0 Å². The minimum atomic E-state index is -0.0922.